The van der Waals surface area contributed by atoms with E-state index >= 15 is 0 Å². The zero-order valence-corrected chi connectivity index (χ0v) is 7.50. The Morgan fingerprint density at radius 2 is 2.17 bits per heavy atom. The van der Waals surface area contributed by atoms with Crippen LogP contribution in [0, 0.1) is 0 Å². The molecule has 0 aliphatic carbocycles. The van der Waals surface area contributed by atoms with Gasteiger partial charge in [0.25, 0.3) is 0 Å². The van der Waals surface area contributed by atoms with Gasteiger partial charge in [-0.3, -0.25) is 0 Å². The van der Waals surface area contributed by atoms with Crippen molar-refractivity contribution in [2.24, 2.45) is 0 Å². The van der Waals surface area contributed by atoms with Crippen molar-refractivity contribution in [2.75, 3.05) is 6.61 Å². The fraction of sp³-hybridized carbons (Fsp3) is 0.500. The minimum absolute atomic E-state index is 0.0538. The van der Waals surface area contributed by atoms with E-state index in [0.717, 1.165) is 22.6 Å². The molecule has 12 heavy (non-hydrogen) atoms. The van der Waals surface area contributed by atoms with Gasteiger partial charge in [0.15, 0.2) is 0 Å². The summed E-state index contributed by atoms with van der Waals surface area (Å²) in [6.07, 6.45) is 0.756. The molecule has 0 aliphatic heterocycles. The van der Waals surface area contributed by atoms with Gasteiger partial charge in [-0.25, -0.2) is 0 Å². The molecule has 1 aromatic rings. The second-order valence-electron chi connectivity index (χ2n) is 2.48. The fourth-order valence-electron chi connectivity index (χ4n) is 0.842. The van der Waals surface area contributed by atoms with Crippen molar-refractivity contribution in [2.45, 2.75) is 19.3 Å². The van der Waals surface area contributed by atoms with Crippen LogP contribution in [-0.4, -0.2) is 11.7 Å². The quantitative estimate of drug-likeness (QED) is 0.779. The van der Waals surface area contributed by atoms with Crippen molar-refractivity contribution in [3.05, 3.63) is 21.9 Å². The molecule has 1 aromatic heterocycles. The van der Waals surface area contributed by atoms with Crippen LogP contribution in [0.15, 0.2) is 12.1 Å². The van der Waals surface area contributed by atoms with Crippen molar-refractivity contribution < 1.29 is 13.9 Å². The van der Waals surface area contributed by atoms with Gasteiger partial charge < -0.3 is 5.11 Å². The summed E-state index contributed by atoms with van der Waals surface area (Å²) in [6.45, 7) is 0.795. The van der Waals surface area contributed by atoms with Gasteiger partial charge in [0.2, 0.25) is 0 Å². The molecule has 0 bridgehead atoms. The minimum atomic E-state index is -3.07. The Morgan fingerprint density at radius 3 is 2.58 bits per heavy atom. The first kappa shape index (κ1) is 9.61. The molecule has 1 heterocycles. The molecule has 1 nitrogen and oxygen atoms in total. The summed E-state index contributed by atoms with van der Waals surface area (Å²) < 4.78 is 25.6. The number of rotatable bonds is 3. The second kappa shape index (κ2) is 3.49. The third-order valence-corrected chi connectivity index (χ3v) is 2.91. The van der Waals surface area contributed by atoms with Crippen LogP contribution < -0.4 is 0 Å². The Balaban J connectivity index is 2.88. The lowest BCUT2D eigenvalue weighted by Crippen LogP contribution is -2.16. The number of aryl methyl sites for hydroxylation is 1. The van der Waals surface area contributed by atoms with Gasteiger partial charge in [-0.05, 0) is 18.6 Å². The van der Waals surface area contributed by atoms with Crippen LogP contribution in [0.5, 0.6) is 0 Å². The van der Waals surface area contributed by atoms with E-state index in [-0.39, 0.29) is 4.88 Å². The highest BCUT2D eigenvalue weighted by molar-refractivity contribution is 7.12. The number of hydrogen-bond donors (Lipinski definition) is 1. The molecule has 0 atom stereocenters. The summed E-state index contributed by atoms with van der Waals surface area (Å²) >= 11 is 1.05. The normalized spacial score (nSPS) is 12.0. The zero-order chi connectivity index (χ0) is 9.19. The molecule has 68 valence electrons. The summed E-state index contributed by atoms with van der Waals surface area (Å²) in [5.41, 5.74) is 0. The predicted octanol–water partition coefficient (Wildman–Crippen LogP) is 2.39. The van der Waals surface area contributed by atoms with Crippen molar-refractivity contribution >= 4 is 11.3 Å². The Kier molecular flexibility index (Phi) is 2.80. The van der Waals surface area contributed by atoms with Crippen LogP contribution in [0.4, 0.5) is 8.78 Å². The Morgan fingerprint density at radius 1 is 1.50 bits per heavy atom. The lowest BCUT2D eigenvalue weighted by Gasteiger charge is -2.09. The second-order valence-corrected chi connectivity index (χ2v) is 3.65. The number of thiophene rings is 1. The third-order valence-electron chi connectivity index (χ3n) is 1.57. The van der Waals surface area contributed by atoms with Gasteiger partial charge in [0.1, 0.15) is 6.61 Å². The van der Waals surface area contributed by atoms with Gasteiger partial charge in [-0.15, -0.1) is 11.3 Å². The molecule has 1 N–H and O–H groups in total. The van der Waals surface area contributed by atoms with Gasteiger partial charge in [-0.2, -0.15) is 8.78 Å². The molecule has 0 fully saturated rings. The molecule has 0 amide bonds. The molecule has 0 aromatic carbocycles. The molecule has 1 rings (SSSR count). The number of aliphatic hydroxyl groups excluding tert-OH is 1. The molecule has 4 heteroatoms. The van der Waals surface area contributed by atoms with Gasteiger partial charge >= 0.3 is 5.92 Å². The first-order valence-electron chi connectivity index (χ1n) is 3.68. The minimum Gasteiger partial charge on any atom is -0.390 e. The number of aliphatic hydroxyl groups is 1. The maximum Gasteiger partial charge on any atom is 0.304 e. The van der Waals surface area contributed by atoms with Crippen molar-refractivity contribution in [1.29, 1.82) is 0 Å². The largest absolute Gasteiger partial charge is 0.390 e. The molecular weight excluding hydrogens is 182 g/mol. The van der Waals surface area contributed by atoms with E-state index in [2.05, 4.69) is 0 Å². The number of hydrogen-bond acceptors (Lipinski definition) is 2. The van der Waals surface area contributed by atoms with E-state index in [9.17, 15) is 8.78 Å². The topological polar surface area (TPSA) is 20.2 Å². The van der Waals surface area contributed by atoms with Crippen LogP contribution in [0.2, 0.25) is 0 Å². The molecule has 0 aliphatic rings. The highest BCUT2D eigenvalue weighted by Crippen LogP contribution is 2.32. The first-order chi connectivity index (χ1) is 5.60. The van der Waals surface area contributed by atoms with Crippen LogP contribution in [0.1, 0.15) is 16.7 Å². The summed E-state index contributed by atoms with van der Waals surface area (Å²) in [7, 11) is 0. The smallest absolute Gasteiger partial charge is 0.304 e. The van der Waals surface area contributed by atoms with Crippen LogP contribution >= 0.6 is 11.3 Å². The zero-order valence-electron chi connectivity index (χ0n) is 6.68. The van der Waals surface area contributed by atoms with Crippen LogP contribution in [0.3, 0.4) is 0 Å². The van der Waals surface area contributed by atoms with Crippen molar-refractivity contribution in [3.63, 3.8) is 0 Å². The summed E-state index contributed by atoms with van der Waals surface area (Å²) in [4.78, 5) is 0.861. The lowest BCUT2D eigenvalue weighted by molar-refractivity contribution is -0.0524. The summed E-state index contributed by atoms with van der Waals surface area (Å²) in [5.74, 6) is -3.07. The average Bonchev–Trinajstić information content (AvgIpc) is 2.52. The van der Waals surface area contributed by atoms with Gasteiger partial charge in [-0.1, -0.05) is 6.92 Å². The van der Waals surface area contributed by atoms with E-state index < -0.39 is 12.5 Å². The third kappa shape index (κ3) is 1.81. The van der Waals surface area contributed by atoms with E-state index in [1.807, 2.05) is 6.92 Å². The van der Waals surface area contributed by atoms with E-state index in [0.29, 0.717) is 0 Å². The van der Waals surface area contributed by atoms with E-state index in [1.54, 1.807) is 6.07 Å². The molecule has 0 spiro atoms. The Labute approximate surface area is 73.7 Å². The average molecular weight is 192 g/mol. The maximum absolute atomic E-state index is 12.8. The molecule has 0 saturated carbocycles. The molecular formula is C8H10F2OS. The van der Waals surface area contributed by atoms with Gasteiger partial charge in [0, 0.05) is 4.88 Å². The molecule has 0 saturated heterocycles. The lowest BCUT2D eigenvalue weighted by atomic mass is 10.3. The fourth-order valence-corrected chi connectivity index (χ4v) is 1.76. The maximum atomic E-state index is 12.8. The highest BCUT2D eigenvalue weighted by Gasteiger charge is 2.31. The summed E-state index contributed by atoms with van der Waals surface area (Å²) in [5, 5.41) is 8.39. The molecule has 0 radical (unpaired) electrons. The highest BCUT2D eigenvalue weighted by atomic mass is 32.1. The first-order valence-corrected chi connectivity index (χ1v) is 4.49. The Bertz CT molecular complexity index is 257. The van der Waals surface area contributed by atoms with Gasteiger partial charge in [0.05, 0.1) is 4.88 Å². The Hall–Kier alpha value is -0.480. The monoisotopic (exact) mass is 192 g/mol. The number of alkyl halides is 2. The standard InChI is InChI=1S/C8H10F2OS/c1-2-6-3-4-7(12-6)8(9,10)5-11/h3-4,11H,2,5H2,1H3. The summed E-state index contributed by atoms with van der Waals surface area (Å²) in [6, 6.07) is 3.04. The van der Waals surface area contributed by atoms with E-state index in [4.69, 9.17) is 5.11 Å². The van der Waals surface area contributed by atoms with Crippen molar-refractivity contribution in [1.82, 2.24) is 0 Å². The predicted molar refractivity (Wildman–Crippen MR) is 44.7 cm³/mol. The molecule has 0 unspecified atom stereocenters. The number of halogens is 2. The van der Waals surface area contributed by atoms with Crippen LogP contribution in [0.25, 0.3) is 0 Å². The van der Waals surface area contributed by atoms with Crippen molar-refractivity contribution in [3.8, 4) is 0 Å². The SMILES string of the molecule is CCc1ccc(C(F)(F)CO)s1. The van der Waals surface area contributed by atoms with E-state index in [1.165, 1.54) is 6.07 Å². The van der Waals surface area contributed by atoms with Crippen LogP contribution in [-0.2, 0) is 12.3 Å².